The van der Waals surface area contributed by atoms with Crippen molar-refractivity contribution in [3.8, 4) is 0 Å². The van der Waals surface area contributed by atoms with Crippen molar-refractivity contribution in [1.82, 2.24) is 4.37 Å². The molecule has 0 unspecified atom stereocenters. The zero-order valence-corrected chi connectivity index (χ0v) is 11.4. The van der Waals surface area contributed by atoms with Crippen LogP contribution in [0.3, 0.4) is 0 Å². The molecular weight excluding hydrogens is 240 g/mol. The molecule has 0 atom stereocenters. The monoisotopic (exact) mass is 256 g/mol. The Morgan fingerprint density at radius 3 is 2.81 bits per heavy atom. The second-order valence-electron chi connectivity index (χ2n) is 4.27. The number of nitrogens with zero attached hydrogens (tertiary/aromatic N) is 1. The summed E-state index contributed by atoms with van der Waals surface area (Å²) in [7, 11) is 0. The fraction of sp³-hybridized carbons (Fsp3) is 0.636. The number of nitrogens with one attached hydrogen (secondary N) is 1. The van der Waals surface area contributed by atoms with Crippen LogP contribution >= 0.6 is 23.3 Å². The Kier molecular flexibility index (Phi) is 3.26. The van der Waals surface area contributed by atoms with Gasteiger partial charge < -0.3 is 5.32 Å². The topological polar surface area (TPSA) is 42.0 Å². The highest BCUT2D eigenvalue weighted by atomic mass is 32.2. The number of aryl methyl sites for hydroxylation is 1. The fourth-order valence-electron chi connectivity index (χ4n) is 1.74. The van der Waals surface area contributed by atoms with Crippen LogP contribution in [0, 0.1) is 6.92 Å². The second-order valence-corrected chi connectivity index (χ2v) is 6.32. The van der Waals surface area contributed by atoms with Crippen molar-refractivity contribution in [2.24, 2.45) is 0 Å². The van der Waals surface area contributed by atoms with E-state index >= 15 is 0 Å². The van der Waals surface area contributed by atoms with Gasteiger partial charge in [-0.2, -0.15) is 16.1 Å². The Hall–Kier alpha value is -0.550. The molecule has 0 aliphatic heterocycles. The predicted molar refractivity (Wildman–Crippen MR) is 70.8 cm³/mol. The minimum absolute atomic E-state index is 0.0998. The molecule has 1 aromatic rings. The molecule has 0 aromatic carbocycles. The minimum Gasteiger partial charge on any atom is -0.374 e. The smallest absolute Gasteiger partial charge is 0.164 e. The van der Waals surface area contributed by atoms with E-state index in [1.54, 1.807) is 6.92 Å². The first-order valence-corrected chi connectivity index (χ1v) is 7.34. The van der Waals surface area contributed by atoms with E-state index in [4.69, 9.17) is 0 Å². The summed E-state index contributed by atoms with van der Waals surface area (Å²) < 4.78 is 4.64. The van der Waals surface area contributed by atoms with Crippen LogP contribution in [-0.2, 0) is 0 Å². The highest BCUT2D eigenvalue weighted by Crippen LogP contribution is 2.47. The molecule has 1 aliphatic carbocycles. The van der Waals surface area contributed by atoms with E-state index in [0.717, 1.165) is 22.8 Å². The van der Waals surface area contributed by atoms with Gasteiger partial charge in [0.1, 0.15) is 5.00 Å². The van der Waals surface area contributed by atoms with E-state index in [2.05, 4.69) is 15.9 Å². The molecule has 1 saturated carbocycles. The summed E-state index contributed by atoms with van der Waals surface area (Å²) >= 11 is 3.31. The number of Topliss-reactive ketones (excluding diaryl/α,β-unsaturated/α-hetero) is 1. The van der Waals surface area contributed by atoms with Crippen molar-refractivity contribution in [1.29, 1.82) is 0 Å². The van der Waals surface area contributed by atoms with E-state index in [-0.39, 0.29) is 5.78 Å². The molecule has 1 heterocycles. The van der Waals surface area contributed by atoms with Gasteiger partial charge in [-0.25, -0.2) is 0 Å². The highest BCUT2D eigenvalue weighted by Gasteiger charge is 2.41. The van der Waals surface area contributed by atoms with Gasteiger partial charge in [-0.15, -0.1) is 0 Å². The first-order chi connectivity index (χ1) is 7.58. The maximum atomic E-state index is 11.5. The van der Waals surface area contributed by atoms with Crippen LogP contribution in [0.25, 0.3) is 0 Å². The number of carbonyl (C=O) groups excluding carboxylic acids is 1. The van der Waals surface area contributed by atoms with Crippen LogP contribution in [0.15, 0.2) is 0 Å². The van der Waals surface area contributed by atoms with Crippen molar-refractivity contribution in [3.05, 3.63) is 11.3 Å². The maximum Gasteiger partial charge on any atom is 0.164 e. The van der Waals surface area contributed by atoms with Gasteiger partial charge >= 0.3 is 0 Å². The normalized spacial score (nSPS) is 17.2. The van der Waals surface area contributed by atoms with Gasteiger partial charge in [0.15, 0.2) is 5.78 Å². The van der Waals surface area contributed by atoms with Gasteiger partial charge in [-0.05, 0) is 44.5 Å². The Bertz CT molecular complexity index is 410. The third kappa shape index (κ3) is 2.25. The van der Waals surface area contributed by atoms with Crippen molar-refractivity contribution >= 4 is 34.1 Å². The molecule has 16 heavy (non-hydrogen) atoms. The lowest BCUT2D eigenvalue weighted by Crippen LogP contribution is -2.17. The van der Waals surface area contributed by atoms with E-state index in [1.807, 2.05) is 18.7 Å². The van der Waals surface area contributed by atoms with Gasteiger partial charge in [0.2, 0.25) is 0 Å². The van der Waals surface area contributed by atoms with Crippen LogP contribution in [0.4, 0.5) is 5.00 Å². The number of thioether (sulfide) groups is 1. The van der Waals surface area contributed by atoms with Crippen LogP contribution in [0.5, 0.6) is 0 Å². The zero-order valence-electron chi connectivity index (χ0n) is 9.79. The zero-order chi connectivity index (χ0) is 11.8. The molecule has 0 amide bonds. The SMILES string of the molecule is CSC1(CNc2snc(C)c2C(C)=O)CC1. The van der Waals surface area contributed by atoms with Crippen LogP contribution in [0.2, 0.25) is 0 Å². The van der Waals surface area contributed by atoms with E-state index < -0.39 is 0 Å². The summed E-state index contributed by atoms with van der Waals surface area (Å²) in [5, 5.41) is 4.32. The molecule has 88 valence electrons. The molecule has 3 nitrogen and oxygen atoms in total. The second kappa shape index (κ2) is 4.37. The third-order valence-electron chi connectivity index (χ3n) is 3.03. The van der Waals surface area contributed by atoms with Crippen molar-refractivity contribution < 1.29 is 4.79 Å². The first-order valence-electron chi connectivity index (χ1n) is 5.34. The number of carbonyl (C=O) groups is 1. The van der Waals surface area contributed by atoms with Gasteiger partial charge in [0, 0.05) is 11.3 Å². The average molecular weight is 256 g/mol. The van der Waals surface area contributed by atoms with Gasteiger partial charge in [-0.1, -0.05) is 0 Å². The summed E-state index contributed by atoms with van der Waals surface area (Å²) in [6.45, 7) is 4.43. The molecule has 0 radical (unpaired) electrons. The Balaban J connectivity index is 2.07. The van der Waals surface area contributed by atoms with Crippen molar-refractivity contribution in [3.63, 3.8) is 0 Å². The molecule has 2 rings (SSSR count). The number of anilines is 1. The molecule has 1 N–H and O–H groups in total. The average Bonchev–Trinajstić information content (AvgIpc) is 2.93. The maximum absolute atomic E-state index is 11.5. The summed E-state index contributed by atoms with van der Waals surface area (Å²) in [5.74, 6) is 0.0998. The fourth-order valence-corrected chi connectivity index (χ4v) is 3.30. The van der Waals surface area contributed by atoms with Gasteiger partial charge in [0.05, 0.1) is 11.3 Å². The summed E-state index contributed by atoms with van der Waals surface area (Å²) in [5.41, 5.74) is 1.61. The molecule has 0 bridgehead atoms. The standard InChI is InChI=1S/C11H16N2OS2/c1-7-9(8(2)14)10(16-13-7)12-6-11(15-3)4-5-11/h12H,4-6H2,1-3H3. The quantitative estimate of drug-likeness (QED) is 0.822. The highest BCUT2D eigenvalue weighted by molar-refractivity contribution is 8.00. The molecule has 5 heteroatoms. The Morgan fingerprint density at radius 2 is 2.31 bits per heavy atom. The van der Waals surface area contributed by atoms with Gasteiger partial charge in [0.25, 0.3) is 0 Å². The lowest BCUT2D eigenvalue weighted by atomic mass is 10.2. The summed E-state index contributed by atoms with van der Waals surface area (Å²) in [6.07, 6.45) is 4.70. The number of ketones is 1. The molecule has 1 aromatic heterocycles. The predicted octanol–water partition coefficient (Wildman–Crippen LogP) is 2.96. The van der Waals surface area contributed by atoms with Crippen LogP contribution in [0.1, 0.15) is 35.8 Å². The molecular formula is C11H16N2OS2. The Morgan fingerprint density at radius 1 is 1.62 bits per heavy atom. The van der Waals surface area contributed by atoms with E-state index in [1.165, 1.54) is 24.4 Å². The summed E-state index contributed by atoms with van der Waals surface area (Å²) in [6, 6.07) is 0. The minimum atomic E-state index is 0.0998. The van der Waals surface area contributed by atoms with Crippen molar-refractivity contribution in [2.75, 3.05) is 18.1 Å². The van der Waals surface area contributed by atoms with E-state index in [0.29, 0.717) is 4.75 Å². The number of hydrogen-bond acceptors (Lipinski definition) is 5. The lowest BCUT2D eigenvalue weighted by Gasteiger charge is -2.13. The molecule has 0 saturated heterocycles. The molecule has 1 fully saturated rings. The van der Waals surface area contributed by atoms with Crippen LogP contribution < -0.4 is 5.32 Å². The lowest BCUT2D eigenvalue weighted by molar-refractivity contribution is 0.101. The summed E-state index contributed by atoms with van der Waals surface area (Å²) in [4.78, 5) is 11.5. The third-order valence-corrected chi connectivity index (χ3v) is 5.34. The van der Waals surface area contributed by atoms with E-state index in [9.17, 15) is 4.79 Å². The molecule has 1 aliphatic rings. The number of hydrogen-bond donors (Lipinski definition) is 1. The van der Waals surface area contributed by atoms with Crippen molar-refractivity contribution in [2.45, 2.75) is 31.4 Å². The first kappa shape index (κ1) is 11.9. The molecule has 0 spiro atoms. The largest absolute Gasteiger partial charge is 0.374 e. The Labute approximate surface area is 104 Å². The van der Waals surface area contributed by atoms with Gasteiger partial charge in [-0.3, -0.25) is 4.79 Å². The number of rotatable bonds is 5. The number of aromatic nitrogens is 1. The van der Waals surface area contributed by atoms with Crippen LogP contribution in [-0.4, -0.2) is 27.7 Å².